The van der Waals surface area contributed by atoms with Crippen molar-refractivity contribution < 1.29 is 70.2 Å². The van der Waals surface area contributed by atoms with Gasteiger partial charge in [0.15, 0.2) is 0 Å². The number of methoxy groups -OCH3 is 1. The molecule has 1 aromatic carbocycles. The molecule has 0 aliphatic heterocycles. The second-order valence-corrected chi connectivity index (χ2v) is 2.12. The molecule has 0 aliphatic carbocycles. The average Bonchev–Trinajstić information content (AvgIpc) is 2.06. The Hall–Kier alpha value is 0.998. The predicted octanol–water partition coefficient (Wildman–Crippen LogP) is 2.18. The topological polar surface area (TPSA) is 9.23 Å². The summed E-state index contributed by atoms with van der Waals surface area (Å²) in [4.78, 5) is 0. The van der Waals surface area contributed by atoms with Crippen LogP contribution in [0, 0.1) is 12.7 Å². The van der Waals surface area contributed by atoms with Gasteiger partial charge in [-0.2, -0.15) is 6.58 Å². The van der Waals surface area contributed by atoms with E-state index >= 15 is 0 Å². The van der Waals surface area contributed by atoms with E-state index < -0.39 is 0 Å². The molecule has 0 amide bonds. The fourth-order valence-electron chi connectivity index (χ4n) is 0.888. The van der Waals surface area contributed by atoms with E-state index in [0.29, 0.717) is 0 Å². The maximum absolute atomic E-state index is 4.88. The first-order valence-corrected chi connectivity index (χ1v) is 3.36. The summed E-state index contributed by atoms with van der Waals surface area (Å²) in [6, 6.07) is 7.79. The molecule has 0 fully saturated rings. The summed E-state index contributed by atoms with van der Waals surface area (Å²) >= 11 is 0. The smallest absolute Gasteiger partial charge is 0.0245 e. The summed E-state index contributed by atoms with van der Waals surface area (Å²) in [5.74, 6) is 0. The molecule has 1 rings (SSSR count). The van der Waals surface area contributed by atoms with Crippen LogP contribution in [-0.4, -0.2) is 7.11 Å². The van der Waals surface area contributed by atoms with E-state index in [4.69, 9.17) is 4.74 Å². The molecule has 1 nitrogen and oxygen atoms in total. The SMILES string of the molecule is C=[C-]c1ccccc1[CH-]OC.[Y].[Y]. The molecular formula is C10H10OY2-2. The van der Waals surface area contributed by atoms with Gasteiger partial charge in [-0.1, -0.05) is 0 Å². The fourth-order valence-corrected chi connectivity index (χ4v) is 0.888. The fraction of sp³-hybridized carbons (Fsp3) is 0.100. The van der Waals surface area contributed by atoms with Gasteiger partial charge in [0.1, 0.15) is 0 Å². The Morgan fingerprint density at radius 3 is 2.46 bits per heavy atom. The van der Waals surface area contributed by atoms with Crippen LogP contribution in [0.25, 0.3) is 0 Å². The second-order valence-electron chi connectivity index (χ2n) is 2.12. The number of rotatable bonds is 3. The zero-order valence-electron chi connectivity index (χ0n) is 7.66. The van der Waals surface area contributed by atoms with Gasteiger partial charge in [-0.15, -0.1) is 18.7 Å². The molecule has 13 heavy (non-hydrogen) atoms. The molecule has 3 heteroatoms. The molecule has 0 aliphatic rings. The quantitative estimate of drug-likeness (QED) is 0.775. The van der Waals surface area contributed by atoms with E-state index in [1.54, 1.807) is 13.7 Å². The van der Waals surface area contributed by atoms with E-state index in [-0.39, 0.29) is 65.4 Å². The molecule has 1 aromatic rings. The summed E-state index contributed by atoms with van der Waals surface area (Å²) < 4.78 is 4.88. The minimum Gasteiger partial charge on any atom is -0.429 e. The Balaban J connectivity index is 0. The first-order chi connectivity index (χ1) is 5.38. The van der Waals surface area contributed by atoms with Crippen molar-refractivity contribution in [3.8, 4) is 0 Å². The van der Waals surface area contributed by atoms with E-state index in [0.717, 1.165) is 11.1 Å². The van der Waals surface area contributed by atoms with Gasteiger partial charge in [0, 0.05) is 72.5 Å². The van der Waals surface area contributed by atoms with Crippen LogP contribution in [0.2, 0.25) is 0 Å². The van der Waals surface area contributed by atoms with Crippen LogP contribution in [0.5, 0.6) is 0 Å². The third-order valence-electron chi connectivity index (χ3n) is 1.40. The molecule has 0 aromatic heterocycles. The third kappa shape index (κ3) is 5.44. The van der Waals surface area contributed by atoms with Crippen molar-refractivity contribution >= 4 is 0 Å². The molecule has 0 saturated carbocycles. The molecule has 2 radical (unpaired) electrons. The van der Waals surface area contributed by atoms with Crippen molar-refractivity contribution in [1.82, 2.24) is 0 Å². The second kappa shape index (κ2) is 9.55. The molecule has 64 valence electrons. The van der Waals surface area contributed by atoms with E-state index in [9.17, 15) is 0 Å². The van der Waals surface area contributed by atoms with Gasteiger partial charge in [-0.25, -0.2) is 12.1 Å². The van der Waals surface area contributed by atoms with E-state index in [1.807, 2.05) is 24.3 Å². The number of benzene rings is 1. The Morgan fingerprint density at radius 1 is 1.31 bits per heavy atom. The van der Waals surface area contributed by atoms with Crippen LogP contribution in [-0.2, 0) is 70.2 Å². The maximum Gasteiger partial charge on any atom is 0.0245 e. The van der Waals surface area contributed by atoms with E-state index in [2.05, 4.69) is 12.7 Å². The van der Waals surface area contributed by atoms with Gasteiger partial charge in [0.25, 0.3) is 0 Å². The summed E-state index contributed by atoms with van der Waals surface area (Å²) in [6.45, 7) is 5.25. The molecule has 0 saturated heterocycles. The zero-order valence-corrected chi connectivity index (χ0v) is 13.3. The molecular weight excluding hydrogens is 314 g/mol. The van der Waals surface area contributed by atoms with Crippen molar-refractivity contribution in [2.75, 3.05) is 7.11 Å². The van der Waals surface area contributed by atoms with Crippen LogP contribution in [0.3, 0.4) is 0 Å². The molecule has 0 N–H and O–H groups in total. The van der Waals surface area contributed by atoms with Gasteiger partial charge in [-0.3, -0.25) is 17.2 Å². The van der Waals surface area contributed by atoms with Crippen molar-refractivity contribution in [2.45, 2.75) is 0 Å². The van der Waals surface area contributed by atoms with Gasteiger partial charge < -0.3 is 4.74 Å². The zero-order chi connectivity index (χ0) is 8.10. The van der Waals surface area contributed by atoms with Crippen LogP contribution in [0.1, 0.15) is 11.1 Å². The summed E-state index contributed by atoms with van der Waals surface area (Å²) in [5, 5.41) is 0. The number of hydrogen-bond acceptors (Lipinski definition) is 1. The van der Waals surface area contributed by atoms with E-state index in [1.165, 1.54) is 0 Å². The summed E-state index contributed by atoms with van der Waals surface area (Å²) in [5.41, 5.74) is 1.97. The van der Waals surface area contributed by atoms with Gasteiger partial charge >= 0.3 is 0 Å². The summed E-state index contributed by atoms with van der Waals surface area (Å²) in [7, 11) is 1.62. The molecule has 0 heterocycles. The minimum absolute atomic E-state index is 0. The van der Waals surface area contributed by atoms with Crippen molar-refractivity contribution in [1.29, 1.82) is 0 Å². The van der Waals surface area contributed by atoms with Crippen LogP contribution in [0.4, 0.5) is 0 Å². The predicted molar refractivity (Wildman–Crippen MR) is 44.8 cm³/mol. The Bertz CT molecular complexity index is 248. The standard InChI is InChI=1S/C10H10O.2Y/c1-3-9-6-4-5-7-10(9)8-11-2;;/h4-8H,1H2,2H3;;/q-2;;. The molecule has 0 atom stereocenters. The molecule has 0 unspecified atom stereocenters. The Morgan fingerprint density at radius 2 is 1.92 bits per heavy atom. The summed E-state index contributed by atoms with van der Waals surface area (Å²) in [6.07, 6.45) is 2.82. The Kier molecular flexibility index (Phi) is 12.1. The first-order valence-electron chi connectivity index (χ1n) is 3.36. The largest absolute Gasteiger partial charge is 0.429 e. The van der Waals surface area contributed by atoms with Crippen LogP contribution < -0.4 is 0 Å². The van der Waals surface area contributed by atoms with Gasteiger partial charge in [0.05, 0.1) is 0 Å². The van der Waals surface area contributed by atoms with Gasteiger partial charge in [0.2, 0.25) is 0 Å². The normalized spacial score (nSPS) is 7.77. The number of hydrogen-bond donors (Lipinski definition) is 0. The molecule has 0 spiro atoms. The Labute approximate surface area is 130 Å². The van der Waals surface area contributed by atoms with Crippen molar-refractivity contribution in [2.24, 2.45) is 0 Å². The first kappa shape index (κ1) is 16.4. The minimum atomic E-state index is 0. The van der Waals surface area contributed by atoms with Crippen LogP contribution >= 0.6 is 0 Å². The third-order valence-corrected chi connectivity index (χ3v) is 1.40. The molecule has 0 bridgehead atoms. The maximum atomic E-state index is 4.88. The number of ether oxygens (including phenoxy) is 1. The van der Waals surface area contributed by atoms with Gasteiger partial charge in [-0.05, 0) is 0 Å². The van der Waals surface area contributed by atoms with Crippen molar-refractivity contribution in [3.63, 3.8) is 0 Å². The average molecular weight is 324 g/mol. The monoisotopic (exact) mass is 324 g/mol. The van der Waals surface area contributed by atoms with Crippen LogP contribution in [0.15, 0.2) is 30.8 Å². The van der Waals surface area contributed by atoms with Crippen molar-refractivity contribution in [3.05, 3.63) is 54.7 Å².